The van der Waals surface area contributed by atoms with Gasteiger partial charge >= 0.3 is 0 Å². The predicted molar refractivity (Wildman–Crippen MR) is 93.7 cm³/mol. The van der Waals surface area contributed by atoms with Gasteiger partial charge in [-0.15, -0.1) is 0 Å². The molecule has 1 N–H and O–H groups in total. The molecule has 0 aromatic heterocycles. The molecule has 0 spiro atoms. The molecule has 1 heterocycles. The fourth-order valence-electron chi connectivity index (χ4n) is 2.32. The Balaban J connectivity index is 2.15. The van der Waals surface area contributed by atoms with Crippen LogP contribution >= 0.6 is 0 Å². The van der Waals surface area contributed by atoms with Crippen molar-refractivity contribution in [3.63, 3.8) is 0 Å². The predicted octanol–water partition coefficient (Wildman–Crippen LogP) is 0.767. The normalized spacial score (nSPS) is 13.4. The molecule has 0 saturated heterocycles. The molecule has 1 aromatic carbocycles. The molecule has 0 atom stereocenters. The smallest absolute Gasteiger partial charge is 0.240 e. The first kappa shape index (κ1) is 19.3. The summed E-state index contributed by atoms with van der Waals surface area (Å²) in [5, 5.41) is 2.70. The topological polar surface area (TPSA) is 94.2 Å². The number of nitrogens with one attached hydrogen (secondary N) is 1. The van der Waals surface area contributed by atoms with Gasteiger partial charge in [-0.3, -0.25) is 9.10 Å². The zero-order valence-corrected chi connectivity index (χ0v) is 15.3. The van der Waals surface area contributed by atoms with Gasteiger partial charge in [-0.05, 0) is 25.5 Å². The lowest BCUT2D eigenvalue weighted by Gasteiger charge is -2.25. The highest BCUT2D eigenvalue weighted by Crippen LogP contribution is 2.34. The lowest BCUT2D eigenvalue weighted by Crippen LogP contribution is -2.42. The summed E-state index contributed by atoms with van der Waals surface area (Å²) in [6, 6.07) is 4.84. The van der Waals surface area contributed by atoms with Crippen LogP contribution in [0.5, 0.6) is 11.5 Å². The Morgan fingerprint density at radius 3 is 2.68 bits per heavy atom. The van der Waals surface area contributed by atoms with E-state index in [1.165, 1.54) is 6.92 Å². The number of rotatable bonds is 9. The number of hydrogen-bond donors (Lipinski definition) is 1. The summed E-state index contributed by atoms with van der Waals surface area (Å²) in [4.78, 5) is 12.1. The Hall–Kier alpha value is -2.00. The van der Waals surface area contributed by atoms with Crippen molar-refractivity contribution in [1.29, 1.82) is 0 Å². The first-order chi connectivity index (χ1) is 12.0. The Morgan fingerprint density at radius 1 is 1.28 bits per heavy atom. The molecule has 1 aliphatic rings. The van der Waals surface area contributed by atoms with Crippen molar-refractivity contribution in [2.75, 3.05) is 50.1 Å². The van der Waals surface area contributed by atoms with E-state index in [1.807, 2.05) is 0 Å². The van der Waals surface area contributed by atoms with Crippen molar-refractivity contribution < 1.29 is 27.4 Å². The van der Waals surface area contributed by atoms with E-state index in [9.17, 15) is 13.2 Å². The van der Waals surface area contributed by atoms with Crippen molar-refractivity contribution in [1.82, 2.24) is 5.32 Å². The van der Waals surface area contributed by atoms with E-state index in [2.05, 4.69) is 5.32 Å². The molecule has 8 nitrogen and oxygen atoms in total. The highest BCUT2D eigenvalue weighted by molar-refractivity contribution is 7.92. The van der Waals surface area contributed by atoms with Crippen LogP contribution < -0.4 is 19.1 Å². The molecule has 0 saturated carbocycles. The fraction of sp³-hybridized carbons (Fsp3) is 0.562. The molecule has 1 aliphatic heterocycles. The van der Waals surface area contributed by atoms with Gasteiger partial charge in [0.15, 0.2) is 11.5 Å². The van der Waals surface area contributed by atoms with Gasteiger partial charge in [-0.1, -0.05) is 0 Å². The molecule has 0 aliphatic carbocycles. The van der Waals surface area contributed by atoms with Crippen molar-refractivity contribution in [3.05, 3.63) is 18.2 Å². The van der Waals surface area contributed by atoms with Gasteiger partial charge in [0.2, 0.25) is 15.9 Å². The maximum Gasteiger partial charge on any atom is 0.240 e. The Kier molecular flexibility index (Phi) is 6.89. The second kappa shape index (κ2) is 8.91. The number of anilines is 1. The zero-order chi connectivity index (χ0) is 18.3. The molecule has 0 radical (unpaired) electrons. The van der Waals surface area contributed by atoms with Crippen LogP contribution in [-0.2, 0) is 19.6 Å². The van der Waals surface area contributed by atoms with Gasteiger partial charge in [-0.25, -0.2) is 8.42 Å². The molecule has 25 heavy (non-hydrogen) atoms. The lowest BCUT2D eigenvalue weighted by molar-refractivity contribution is -0.119. The summed E-state index contributed by atoms with van der Waals surface area (Å²) in [6.07, 6.45) is 0.660. The number of nitrogens with zero attached hydrogens (tertiary/aromatic N) is 1. The Morgan fingerprint density at radius 2 is 2.00 bits per heavy atom. The number of benzene rings is 1. The van der Waals surface area contributed by atoms with E-state index in [0.717, 1.165) is 4.31 Å². The van der Waals surface area contributed by atoms with Crippen LogP contribution in [0, 0.1) is 0 Å². The van der Waals surface area contributed by atoms with E-state index in [0.29, 0.717) is 50.0 Å². The number of ether oxygens (including phenoxy) is 3. The molecule has 1 amide bonds. The van der Waals surface area contributed by atoms with Gasteiger partial charge in [0.1, 0.15) is 19.8 Å². The summed E-state index contributed by atoms with van der Waals surface area (Å²) in [5.74, 6) is 0.551. The van der Waals surface area contributed by atoms with Crippen molar-refractivity contribution in [2.45, 2.75) is 13.3 Å². The minimum atomic E-state index is -3.62. The molecule has 140 valence electrons. The van der Waals surface area contributed by atoms with Crippen LogP contribution in [0.15, 0.2) is 18.2 Å². The Bertz CT molecular complexity index is 692. The van der Waals surface area contributed by atoms with E-state index in [1.54, 1.807) is 25.3 Å². The standard InChI is InChI=1S/C16H24N2O6S/c1-3-25(20,21)18(12-16(19)17-7-4-8-22-2)13-5-6-14-15(11-13)24-10-9-23-14/h5-6,11H,3-4,7-10,12H2,1-2H3,(H,17,19). The van der Waals surface area contributed by atoms with Crippen LogP contribution in [0.1, 0.15) is 13.3 Å². The number of carbonyl (C=O) groups excluding carboxylic acids is 1. The van der Waals surface area contributed by atoms with Crippen LogP contribution in [-0.4, -0.2) is 60.1 Å². The van der Waals surface area contributed by atoms with Gasteiger partial charge < -0.3 is 19.5 Å². The third kappa shape index (κ3) is 5.23. The van der Waals surface area contributed by atoms with Crippen LogP contribution in [0.2, 0.25) is 0 Å². The van der Waals surface area contributed by atoms with E-state index >= 15 is 0 Å². The average Bonchev–Trinajstić information content (AvgIpc) is 2.62. The monoisotopic (exact) mass is 372 g/mol. The maximum absolute atomic E-state index is 12.4. The SMILES string of the molecule is CCS(=O)(=O)N(CC(=O)NCCCOC)c1ccc2c(c1)OCCO2. The van der Waals surface area contributed by atoms with Crippen LogP contribution in [0.3, 0.4) is 0 Å². The highest BCUT2D eigenvalue weighted by atomic mass is 32.2. The van der Waals surface area contributed by atoms with Gasteiger partial charge in [0.25, 0.3) is 0 Å². The fourth-order valence-corrected chi connectivity index (χ4v) is 3.38. The second-order valence-corrected chi connectivity index (χ2v) is 7.61. The van der Waals surface area contributed by atoms with Crippen molar-refractivity contribution >= 4 is 21.6 Å². The van der Waals surface area contributed by atoms with E-state index in [4.69, 9.17) is 14.2 Å². The molecule has 0 bridgehead atoms. The quantitative estimate of drug-likeness (QED) is 0.644. The summed E-state index contributed by atoms with van der Waals surface area (Å²) in [7, 11) is -2.04. The second-order valence-electron chi connectivity index (χ2n) is 5.43. The number of fused-ring (bicyclic) bond motifs is 1. The summed E-state index contributed by atoms with van der Waals surface area (Å²) in [6.45, 7) is 3.05. The largest absolute Gasteiger partial charge is 0.486 e. The highest BCUT2D eigenvalue weighted by Gasteiger charge is 2.25. The molecule has 9 heteroatoms. The molecule has 2 rings (SSSR count). The Labute approximate surface area is 148 Å². The van der Waals surface area contributed by atoms with Gasteiger partial charge in [-0.2, -0.15) is 0 Å². The minimum absolute atomic E-state index is 0.113. The minimum Gasteiger partial charge on any atom is -0.486 e. The summed E-state index contributed by atoms with van der Waals surface area (Å²) in [5.41, 5.74) is 0.373. The van der Waals surface area contributed by atoms with Gasteiger partial charge in [0.05, 0.1) is 11.4 Å². The first-order valence-electron chi connectivity index (χ1n) is 8.13. The molecular weight excluding hydrogens is 348 g/mol. The van der Waals surface area contributed by atoms with Crippen LogP contribution in [0.4, 0.5) is 5.69 Å². The third-order valence-corrected chi connectivity index (χ3v) is 5.39. The van der Waals surface area contributed by atoms with Crippen molar-refractivity contribution in [3.8, 4) is 11.5 Å². The third-order valence-electron chi connectivity index (χ3n) is 3.65. The average molecular weight is 372 g/mol. The number of carbonyl (C=O) groups is 1. The molecular formula is C16H24N2O6S. The first-order valence-corrected chi connectivity index (χ1v) is 9.74. The number of hydrogen-bond acceptors (Lipinski definition) is 6. The maximum atomic E-state index is 12.4. The summed E-state index contributed by atoms with van der Waals surface area (Å²) < 4.78 is 41.8. The number of amides is 1. The molecule has 1 aromatic rings. The molecule has 0 unspecified atom stereocenters. The van der Waals surface area contributed by atoms with Gasteiger partial charge in [0, 0.05) is 26.3 Å². The van der Waals surface area contributed by atoms with Crippen molar-refractivity contribution in [2.24, 2.45) is 0 Å². The number of sulfonamides is 1. The van der Waals surface area contributed by atoms with E-state index in [-0.39, 0.29) is 18.2 Å². The zero-order valence-electron chi connectivity index (χ0n) is 14.5. The molecule has 0 fully saturated rings. The van der Waals surface area contributed by atoms with Crippen LogP contribution in [0.25, 0.3) is 0 Å². The van der Waals surface area contributed by atoms with E-state index < -0.39 is 10.0 Å². The number of methoxy groups -OCH3 is 1. The summed E-state index contributed by atoms with van der Waals surface area (Å²) >= 11 is 0. The lowest BCUT2D eigenvalue weighted by atomic mass is 10.2.